The van der Waals surface area contributed by atoms with Gasteiger partial charge in [-0.25, -0.2) is 0 Å². The van der Waals surface area contributed by atoms with Crippen LogP contribution in [-0.4, -0.2) is 35.6 Å². The third-order valence-corrected chi connectivity index (χ3v) is 3.15. The molecule has 4 heteroatoms. The smallest absolute Gasteiger partial charge is 0.143 e. The van der Waals surface area contributed by atoms with E-state index in [1.807, 2.05) is 0 Å². The summed E-state index contributed by atoms with van der Waals surface area (Å²) in [5.41, 5.74) is 5.61. The van der Waals surface area contributed by atoms with Gasteiger partial charge in [0.2, 0.25) is 0 Å². The number of nitrogens with zero attached hydrogens (tertiary/aromatic N) is 2. The third kappa shape index (κ3) is 1.16. The van der Waals surface area contributed by atoms with Crippen LogP contribution in [0.3, 0.4) is 0 Å². The number of nitrogens with two attached hydrogens (primary N) is 1. The largest absolute Gasteiger partial charge is 0.409 e. The summed E-state index contributed by atoms with van der Waals surface area (Å²) in [6, 6.07) is 0. The normalized spacial score (nSPS) is 41.7. The summed E-state index contributed by atoms with van der Waals surface area (Å²) in [6.45, 7) is 3.38. The quantitative estimate of drug-likeness (QED) is 0.253. The first-order valence-corrected chi connectivity index (χ1v) is 4.51. The van der Waals surface area contributed by atoms with Gasteiger partial charge >= 0.3 is 0 Å². The van der Waals surface area contributed by atoms with Crippen molar-refractivity contribution < 1.29 is 5.21 Å². The molecule has 3 rings (SSSR count). The van der Waals surface area contributed by atoms with Gasteiger partial charge in [-0.1, -0.05) is 5.16 Å². The van der Waals surface area contributed by atoms with Crippen LogP contribution in [0.2, 0.25) is 0 Å². The van der Waals surface area contributed by atoms with Crippen molar-refractivity contribution in [3.63, 3.8) is 0 Å². The highest BCUT2D eigenvalue weighted by molar-refractivity contribution is 5.82. The van der Waals surface area contributed by atoms with Crippen molar-refractivity contribution in [1.82, 2.24) is 4.90 Å². The molecule has 0 spiro atoms. The molecule has 0 unspecified atom stereocenters. The number of piperidine rings is 3. The number of hydrogen-bond donors (Lipinski definition) is 2. The molecule has 0 aromatic rings. The van der Waals surface area contributed by atoms with Crippen molar-refractivity contribution in [2.45, 2.75) is 12.8 Å². The van der Waals surface area contributed by atoms with E-state index in [-0.39, 0.29) is 0 Å². The second kappa shape index (κ2) is 2.94. The minimum atomic E-state index is 0.303. The Morgan fingerprint density at radius 2 is 2.08 bits per heavy atom. The molecule has 0 aliphatic carbocycles. The van der Waals surface area contributed by atoms with Gasteiger partial charge in [-0.05, 0) is 31.8 Å². The van der Waals surface area contributed by atoms with Crippen molar-refractivity contribution in [1.29, 1.82) is 0 Å². The monoisotopic (exact) mass is 169 g/mol. The van der Waals surface area contributed by atoms with Gasteiger partial charge in [-0.15, -0.1) is 0 Å². The van der Waals surface area contributed by atoms with Crippen LogP contribution in [0.1, 0.15) is 12.8 Å². The SMILES string of the molecule is NC(=NO)[C@H]1CN2CCC1CC2. The maximum absolute atomic E-state index is 8.56. The van der Waals surface area contributed by atoms with E-state index in [2.05, 4.69) is 10.1 Å². The molecule has 0 aromatic heterocycles. The molecule has 0 radical (unpaired) electrons. The first-order chi connectivity index (χ1) is 5.81. The van der Waals surface area contributed by atoms with Crippen LogP contribution >= 0.6 is 0 Å². The molecule has 0 amide bonds. The summed E-state index contributed by atoms with van der Waals surface area (Å²) in [5.74, 6) is 1.38. The third-order valence-electron chi connectivity index (χ3n) is 3.15. The maximum atomic E-state index is 8.56. The van der Waals surface area contributed by atoms with Gasteiger partial charge in [0.15, 0.2) is 0 Å². The Kier molecular flexibility index (Phi) is 1.92. The van der Waals surface area contributed by atoms with Crippen molar-refractivity contribution in [3.05, 3.63) is 0 Å². The highest BCUT2D eigenvalue weighted by Crippen LogP contribution is 2.32. The zero-order chi connectivity index (χ0) is 8.55. The number of oxime groups is 1. The molecular weight excluding hydrogens is 154 g/mol. The molecule has 3 aliphatic heterocycles. The van der Waals surface area contributed by atoms with E-state index in [4.69, 9.17) is 10.9 Å². The predicted molar refractivity (Wildman–Crippen MR) is 46.1 cm³/mol. The standard InChI is InChI=1S/C8H15N3O/c9-8(10-12)7-5-11-3-1-6(7)2-4-11/h6-7,12H,1-5H2,(H2,9,10)/t7-/m0/s1. The number of hydrogen-bond acceptors (Lipinski definition) is 3. The van der Waals surface area contributed by atoms with E-state index in [1.54, 1.807) is 0 Å². The lowest BCUT2D eigenvalue weighted by atomic mass is 9.78. The first kappa shape index (κ1) is 7.86. The Bertz CT molecular complexity index is 196. The Labute approximate surface area is 72.0 Å². The van der Waals surface area contributed by atoms with Crippen molar-refractivity contribution >= 4 is 5.84 Å². The van der Waals surface area contributed by atoms with Gasteiger partial charge in [0.1, 0.15) is 5.84 Å². The summed E-state index contributed by atoms with van der Waals surface area (Å²) in [5, 5.41) is 11.7. The Morgan fingerprint density at radius 3 is 2.50 bits per heavy atom. The van der Waals surface area contributed by atoms with E-state index >= 15 is 0 Å². The molecule has 3 fully saturated rings. The highest BCUT2D eigenvalue weighted by atomic mass is 16.4. The molecule has 12 heavy (non-hydrogen) atoms. The predicted octanol–water partition coefficient (Wildman–Crippen LogP) is 0.0746. The lowest BCUT2D eigenvalue weighted by Gasteiger charge is -2.44. The van der Waals surface area contributed by atoms with E-state index < -0.39 is 0 Å². The molecule has 68 valence electrons. The summed E-state index contributed by atoms with van der Waals surface area (Å²) in [4.78, 5) is 2.39. The second-order valence-electron chi connectivity index (χ2n) is 3.77. The Hall–Kier alpha value is -0.770. The molecular formula is C8H15N3O. The Balaban J connectivity index is 2.08. The number of rotatable bonds is 1. The fourth-order valence-electron chi connectivity index (χ4n) is 2.37. The van der Waals surface area contributed by atoms with Crippen LogP contribution in [0.25, 0.3) is 0 Å². The molecule has 0 saturated carbocycles. The lowest BCUT2D eigenvalue weighted by Crippen LogP contribution is -2.51. The van der Waals surface area contributed by atoms with Crippen LogP contribution in [0.15, 0.2) is 5.16 Å². The molecule has 3 heterocycles. The summed E-state index contributed by atoms with van der Waals surface area (Å²) in [7, 11) is 0. The van der Waals surface area contributed by atoms with Crippen molar-refractivity contribution in [2.24, 2.45) is 22.7 Å². The van der Waals surface area contributed by atoms with Gasteiger partial charge < -0.3 is 15.8 Å². The fourth-order valence-corrected chi connectivity index (χ4v) is 2.37. The Morgan fingerprint density at radius 1 is 1.42 bits per heavy atom. The molecule has 0 aromatic carbocycles. The van der Waals surface area contributed by atoms with Crippen molar-refractivity contribution in [2.75, 3.05) is 19.6 Å². The van der Waals surface area contributed by atoms with Crippen LogP contribution in [0.5, 0.6) is 0 Å². The average molecular weight is 169 g/mol. The van der Waals surface area contributed by atoms with Gasteiger partial charge in [0.05, 0.1) is 0 Å². The topological polar surface area (TPSA) is 61.9 Å². The molecule has 4 nitrogen and oxygen atoms in total. The highest BCUT2D eigenvalue weighted by Gasteiger charge is 2.36. The average Bonchev–Trinajstić information content (AvgIpc) is 2.18. The summed E-state index contributed by atoms with van der Waals surface area (Å²) >= 11 is 0. The number of amidine groups is 1. The van der Waals surface area contributed by atoms with Crippen LogP contribution < -0.4 is 5.73 Å². The minimum Gasteiger partial charge on any atom is -0.409 e. The van der Waals surface area contributed by atoms with Gasteiger partial charge in [0, 0.05) is 12.5 Å². The molecule has 3 N–H and O–H groups in total. The first-order valence-electron chi connectivity index (χ1n) is 4.51. The summed E-state index contributed by atoms with van der Waals surface area (Å²) in [6.07, 6.45) is 2.42. The molecule has 2 bridgehead atoms. The second-order valence-corrected chi connectivity index (χ2v) is 3.77. The fraction of sp³-hybridized carbons (Fsp3) is 0.875. The van der Waals surface area contributed by atoms with E-state index in [0.29, 0.717) is 17.7 Å². The van der Waals surface area contributed by atoms with Crippen LogP contribution in [-0.2, 0) is 0 Å². The summed E-state index contributed by atoms with van der Waals surface area (Å²) < 4.78 is 0. The number of fused-ring (bicyclic) bond motifs is 3. The van der Waals surface area contributed by atoms with Crippen LogP contribution in [0.4, 0.5) is 0 Å². The van der Waals surface area contributed by atoms with Crippen LogP contribution in [0, 0.1) is 11.8 Å². The van der Waals surface area contributed by atoms with E-state index in [1.165, 1.54) is 25.9 Å². The maximum Gasteiger partial charge on any atom is 0.143 e. The zero-order valence-electron chi connectivity index (χ0n) is 7.11. The van der Waals surface area contributed by atoms with Gasteiger partial charge in [0.25, 0.3) is 0 Å². The van der Waals surface area contributed by atoms with Crippen molar-refractivity contribution in [3.8, 4) is 0 Å². The van der Waals surface area contributed by atoms with Gasteiger partial charge in [-0.3, -0.25) is 0 Å². The van der Waals surface area contributed by atoms with E-state index in [9.17, 15) is 0 Å². The minimum absolute atomic E-state index is 0.303. The molecule has 3 aliphatic rings. The van der Waals surface area contributed by atoms with E-state index in [0.717, 1.165) is 6.54 Å². The lowest BCUT2D eigenvalue weighted by molar-refractivity contribution is 0.0798. The molecule has 3 saturated heterocycles. The zero-order valence-corrected chi connectivity index (χ0v) is 7.11. The molecule has 1 atom stereocenters. The van der Waals surface area contributed by atoms with Gasteiger partial charge in [-0.2, -0.15) is 0 Å².